The molecular weight excluding hydrogens is 268 g/mol. The van der Waals surface area contributed by atoms with Crippen LogP contribution in [0.1, 0.15) is 31.2 Å². The van der Waals surface area contributed by atoms with Crippen LogP contribution in [-0.2, 0) is 0 Å². The first-order valence-electron chi connectivity index (χ1n) is 5.69. The van der Waals surface area contributed by atoms with Crippen molar-refractivity contribution >= 4 is 15.9 Å². The van der Waals surface area contributed by atoms with Gasteiger partial charge >= 0.3 is 0 Å². The smallest absolute Gasteiger partial charge is 0.213 e. The summed E-state index contributed by atoms with van der Waals surface area (Å²) in [5, 5.41) is 0. The van der Waals surface area contributed by atoms with E-state index < -0.39 is 0 Å². The van der Waals surface area contributed by atoms with Gasteiger partial charge in [-0.15, -0.1) is 0 Å². The zero-order valence-electron chi connectivity index (χ0n) is 9.45. The average Bonchev–Trinajstić information content (AvgIpc) is 2.24. The van der Waals surface area contributed by atoms with Crippen molar-refractivity contribution in [1.82, 2.24) is 4.98 Å². The maximum Gasteiger partial charge on any atom is 0.213 e. The van der Waals surface area contributed by atoms with Gasteiger partial charge in [0.1, 0.15) is 6.10 Å². The Kier molecular flexibility index (Phi) is 3.82. The second kappa shape index (κ2) is 5.15. The quantitative estimate of drug-likeness (QED) is 0.909. The van der Waals surface area contributed by atoms with Crippen molar-refractivity contribution in [2.45, 2.75) is 44.8 Å². The highest BCUT2D eigenvalue weighted by Crippen LogP contribution is 2.24. The number of pyridine rings is 1. The molecule has 0 bridgehead atoms. The number of aryl methyl sites for hydroxylation is 1. The van der Waals surface area contributed by atoms with Crippen LogP contribution in [-0.4, -0.2) is 17.1 Å². The molecule has 3 nitrogen and oxygen atoms in total. The van der Waals surface area contributed by atoms with E-state index in [1.54, 1.807) is 6.20 Å². The van der Waals surface area contributed by atoms with Crippen LogP contribution < -0.4 is 10.5 Å². The average molecular weight is 285 g/mol. The molecule has 2 N–H and O–H groups in total. The molecule has 1 fully saturated rings. The van der Waals surface area contributed by atoms with E-state index >= 15 is 0 Å². The molecular formula is C12H17BrN2O. The van der Waals surface area contributed by atoms with E-state index in [2.05, 4.69) is 20.9 Å². The molecule has 2 unspecified atom stereocenters. The fourth-order valence-electron chi connectivity index (χ4n) is 2.04. The normalized spacial score (nSPS) is 25.4. The van der Waals surface area contributed by atoms with Crippen LogP contribution in [0.15, 0.2) is 16.7 Å². The van der Waals surface area contributed by atoms with Gasteiger partial charge in [-0.25, -0.2) is 4.98 Å². The Bertz CT molecular complexity index is 370. The third-order valence-corrected chi connectivity index (χ3v) is 3.81. The minimum atomic E-state index is 0.233. The standard InChI is InChI=1S/C12H17BrN2O/c1-8-5-12(15-7-11(8)13)16-10-4-2-3-9(14)6-10/h5,7,9-10H,2-4,6,14H2,1H3. The first-order valence-corrected chi connectivity index (χ1v) is 6.49. The molecule has 16 heavy (non-hydrogen) atoms. The molecule has 0 spiro atoms. The number of ether oxygens (including phenoxy) is 1. The van der Waals surface area contributed by atoms with E-state index in [-0.39, 0.29) is 12.1 Å². The van der Waals surface area contributed by atoms with Crippen molar-refractivity contribution in [3.63, 3.8) is 0 Å². The van der Waals surface area contributed by atoms with Gasteiger partial charge in [-0.05, 0) is 54.1 Å². The van der Waals surface area contributed by atoms with Gasteiger partial charge in [0.2, 0.25) is 5.88 Å². The van der Waals surface area contributed by atoms with E-state index in [1.807, 2.05) is 13.0 Å². The van der Waals surface area contributed by atoms with Gasteiger partial charge < -0.3 is 10.5 Å². The summed E-state index contributed by atoms with van der Waals surface area (Å²) in [5.41, 5.74) is 7.07. The van der Waals surface area contributed by atoms with Crippen molar-refractivity contribution in [3.8, 4) is 5.88 Å². The van der Waals surface area contributed by atoms with Crippen LogP contribution in [0.5, 0.6) is 5.88 Å². The van der Waals surface area contributed by atoms with E-state index in [9.17, 15) is 0 Å². The summed E-state index contributed by atoms with van der Waals surface area (Å²) in [6, 6.07) is 2.25. The molecule has 1 saturated carbocycles. The first-order chi connectivity index (χ1) is 7.65. The second-order valence-electron chi connectivity index (χ2n) is 4.44. The van der Waals surface area contributed by atoms with Crippen LogP contribution in [0.25, 0.3) is 0 Å². The molecule has 4 heteroatoms. The zero-order valence-corrected chi connectivity index (χ0v) is 11.0. The maximum absolute atomic E-state index is 5.92. The SMILES string of the molecule is Cc1cc(OC2CCCC(N)C2)ncc1Br. The Morgan fingerprint density at radius 2 is 2.31 bits per heavy atom. The van der Waals surface area contributed by atoms with Crippen LogP contribution in [0.3, 0.4) is 0 Å². The highest BCUT2D eigenvalue weighted by atomic mass is 79.9. The molecule has 0 aliphatic heterocycles. The number of halogens is 1. The van der Waals surface area contributed by atoms with Crippen LogP contribution >= 0.6 is 15.9 Å². The van der Waals surface area contributed by atoms with Crippen LogP contribution in [0.4, 0.5) is 0 Å². The summed E-state index contributed by atoms with van der Waals surface area (Å²) < 4.78 is 6.86. The number of hydrogen-bond acceptors (Lipinski definition) is 3. The molecule has 1 aliphatic rings. The van der Waals surface area contributed by atoms with Gasteiger partial charge in [0, 0.05) is 22.8 Å². The molecule has 1 aromatic rings. The molecule has 1 heterocycles. The van der Waals surface area contributed by atoms with Gasteiger partial charge in [-0.3, -0.25) is 0 Å². The Balaban J connectivity index is 2.00. The number of hydrogen-bond donors (Lipinski definition) is 1. The lowest BCUT2D eigenvalue weighted by molar-refractivity contribution is 0.138. The molecule has 2 rings (SSSR count). The van der Waals surface area contributed by atoms with Crippen molar-refractivity contribution in [2.24, 2.45) is 5.73 Å². The lowest BCUT2D eigenvalue weighted by Gasteiger charge is -2.26. The summed E-state index contributed by atoms with van der Waals surface area (Å²) >= 11 is 3.43. The van der Waals surface area contributed by atoms with Crippen molar-refractivity contribution in [1.29, 1.82) is 0 Å². The summed E-state index contributed by atoms with van der Waals surface area (Å²) in [6.45, 7) is 2.03. The second-order valence-corrected chi connectivity index (χ2v) is 5.29. The number of nitrogens with zero attached hydrogens (tertiary/aromatic N) is 1. The fraction of sp³-hybridized carbons (Fsp3) is 0.583. The molecule has 0 amide bonds. The highest BCUT2D eigenvalue weighted by molar-refractivity contribution is 9.10. The number of aromatic nitrogens is 1. The predicted molar refractivity (Wildman–Crippen MR) is 67.5 cm³/mol. The molecule has 1 aliphatic carbocycles. The van der Waals surface area contributed by atoms with E-state index in [0.717, 1.165) is 35.7 Å². The zero-order chi connectivity index (χ0) is 11.5. The molecule has 2 atom stereocenters. The molecule has 0 aromatic carbocycles. The highest BCUT2D eigenvalue weighted by Gasteiger charge is 2.20. The molecule has 0 saturated heterocycles. The lowest BCUT2D eigenvalue weighted by atomic mass is 9.94. The van der Waals surface area contributed by atoms with Crippen molar-refractivity contribution in [2.75, 3.05) is 0 Å². The van der Waals surface area contributed by atoms with Gasteiger partial charge in [0.05, 0.1) is 0 Å². The molecule has 1 aromatic heterocycles. The Morgan fingerprint density at radius 1 is 1.50 bits per heavy atom. The Hall–Kier alpha value is -0.610. The fourth-order valence-corrected chi connectivity index (χ4v) is 2.25. The van der Waals surface area contributed by atoms with Crippen molar-refractivity contribution < 1.29 is 4.74 Å². The van der Waals surface area contributed by atoms with Crippen LogP contribution in [0.2, 0.25) is 0 Å². The van der Waals surface area contributed by atoms with Gasteiger partial charge in [0.25, 0.3) is 0 Å². The van der Waals surface area contributed by atoms with E-state index in [0.29, 0.717) is 5.88 Å². The minimum absolute atomic E-state index is 0.233. The molecule has 0 radical (unpaired) electrons. The maximum atomic E-state index is 5.92. The Morgan fingerprint density at radius 3 is 3.00 bits per heavy atom. The summed E-state index contributed by atoms with van der Waals surface area (Å²) in [7, 11) is 0. The third-order valence-electron chi connectivity index (χ3n) is 2.98. The van der Waals surface area contributed by atoms with E-state index in [1.165, 1.54) is 0 Å². The lowest BCUT2D eigenvalue weighted by Crippen LogP contribution is -2.33. The Labute approximate surface area is 105 Å². The van der Waals surface area contributed by atoms with Crippen LogP contribution in [0, 0.1) is 6.92 Å². The third kappa shape index (κ3) is 2.95. The summed E-state index contributed by atoms with van der Waals surface area (Å²) in [5.74, 6) is 0.708. The van der Waals surface area contributed by atoms with Crippen molar-refractivity contribution in [3.05, 3.63) is 22.3 Å². The predicted octanol–water partition coefficient (Wildman–Crippen LogP) is 2.80. The first kappa shape index (κ1) is 11.9. The number of nitrogens with two attached hydrogens (primary N) is 1. The van der Waals surface area contributed by atoms with E-state index in [4.69, 9.17) is 10.5 Å². The molecule has 88 valence electrons. The van der Waals surface area contributed by atoms with Gasteiger partial charge in [-0.2, -0.15) is 0 Å². The largest absolute Gasteiger partial charge is 0.474 e. The van der Waals surface area contributed by atoms with Gasteiger partial charge in [-0.1, -0.05) is 0 Å². The number of rotatable bonds is 2. The monoisotopic (exact) mass is 284 g/mol. The summed E-state index contributed by atoms with van der Waals surface area (Å²) in [4.78, 5) is 4.25. The summed E-state index contributed by atoms with van der Waals surface area (Å²) in [6.07, 6.45) is 6.32. The topological polar surface area (TPSA) is 48.1 Å². The van der Waals surface area contributed by atoms with Gasteiger partial charge in [0.15, 0.2) is 0 Å². The minimum Gasteiger partial charge on any atom is -0.474 e.